The van der Waals surface area contributed by atoms with Crippen molar-refractivity contribution in [1.82, 2.24) is 10.3 Å². The van der Waals surface area contributed by atoms with E-state index in [9.17, 15) is 24.3 Å². The molecular weight excluding hydrogens is 412 g/mol. The minimum absolute atomic E-state index is 0.0807. The summed E-state index contributed by atoms with van der Waals surface area (Å²) in [7, 11) is 0. The minimum atomic E-state index is -1.22. The highest BCUT2D eigenvalue weighted by Crippen LogP contribution is 2.27. The number of hydrogen-bond acceptors (Lipinski definition) is 6. The van der Waals surface area contributed by atoms with E-state index in [0.29, 0.717) is 11.1 Å². The third kappa shape index (κ3) is 5.97. The Bertz CT molecular complexity index is 931. The number of aromatic amines is 1. The van der Waals surface area contributed by atoms with E-state index in [2.05, 4.69) is 10.3 Å². The summed E-state index contributed by atoms with van der Waals surface area (Å²) in [6.45, 7) is -0.578. The highest BCUT2D eigenvalue weighted by Gasteiger charge is 2.29. The fourth-order valence-electron chi connectivity index (χ4n) is 2.90. The maximum Gasteiger partial charge on any atom is 0.323 e. The Morgan fingerprint density at radius 2 is 1.93 bits per heavy atom. The predicted octanol–water partition coefficient (Wildman–Crippen LogP) is 0.625. The number of nitrogens with two attached hydrogens (primary N) is 1. The predicted molar refractivity (Wildman–Crippen MR) is 113 cm³/mol. The number of hydrogen-bond donors (Lipinski definition) is 5. The number of carbonyl (C=O) groups is 4. The van der Waals surface area contributed by atoms with Gasteiger partial charge < -0.3 is 26.2 Å². The molecule has 6 N–H and O–H groups in total. The zero-order valence-electron chi connectivity index (χ0n) is 16.3. The Hall–Kier alpha value is -3.05. The maximum absolute atomic E-state index is 13.2. The number of amides is 2. The number of thioether (sulfide) groups is 1. The lowest BCUT2D eigenvalue weighted by Crippen LogP contribution is -2.51. The molecule has 0 saturated heterocycles. The molecule has 10 nitrogen and oxygen atoms in total. The lowest BCUT2D eigenvalue weighted by molar-refractivity contribution is -0.139. The molecule has 11 heteroatoms. The molecule has 0 aliphatic carbocycles. The Labute approximate surface area is 176 Å². The molecule has 2 atom stereocenters. The number of benzene rings is 1. The lowest BCUT2D eigenvalue weighted by Gasteiger charge is -2.26. The summed E-state index contributed by atoms with van der Waals surface area (Å²) in [4.78, 5) is 51.8. The van der Waals surface area contributed by atoms with Crippen LogP contribution in [0.1, 0.15) is 12.8 Å². The van der Waals surface area contributed by atoms with Gasteiger partial charge in [0.15, 0.2) is 0 Å². The number of carboxylic acid groups (broad SMARTS) is 2. The molecule has 0 bridgehead atoms. The van der Waals surface area contributed by atoms with Gasteiger partial charge in [0.1, 0.15) is 18.6 Å². The Balaban J connectivity index is 2.23. The van der Waals surface area contributed by atoms with Gasteiger partial charge in [-0.3, -0.25) is 24.1 Å². The standard InChI is InChI=1S/C19H24N4O6S/c1-30-10-14(22-16(24)7-6-12(20)19(28)29)18(27)23(9-17(25)26)15-8-21-13-5-3-2-4-11(13)15/h2-5,8,12,14,21H,6-7,9-10,20H2,1H3,(H,22,24)(H,25,26)(H,28,29). The molecule has 2 amide bonds. The highest BCUT2D eigenvalue weighted by atomic mass is 32.2. The van der Waals surface area contributed by atoms with Crippen LogP contribution in [0.4, 0.5) is 5.69 Å². The Morgan fingerprint density at radius 1 is 1.23 bits per heavy atom. The fraction of sp³-hybridized carbons (Fsp3) is 0.368. The van der Waals surface area contributed by atoms with Crippen LogP contribution in [0.25, 0.3) is 10.9 Å². The van der Waals surface area contributed by atoms with E-state index >= 15 is 0 Å². The summed E-state index contributed by atoms with van der Waals surface area (Å²) < 4.78 is 0. The monoisotopic (exact) mass is 436 g/mol. The van der Waals surface area contributed by atoms with Crippen molar-refractivity contribution in [3.05, 3.63) is 30.5 Å². The third-order valence-electron chi connectivity index (χ3n) is 4.38. The van der Waals surface area contributed by atoms with Crippen molar-refractivity contribution < 1.29 is 29.4 Å². The molecule has 30 heavy (non-hydrogen) atoms. The third-order valence-corrected chi connectivity index (χ3v) is 5.05. The first kappa shape index (κ1) is 23.2. The largest absolute Gasteiger partial charge is 0.480 e. The van der Waals surface area contributed by atoms with Gasteiger partial charge in [-0.1, -0.05) is 18.2 Å². The number of carboxylic acids is 2. The summed E-state index contributed by atoms with van der Waals surface area (Å²) in [6.07, 6.45) is 3.05. The van der Waals surface area contributed by atoms with Crippen LogP contribution in [-0.4, -0.2) is 69.6 Å². The van der Waals surface area contributed by atoms with Crippen molar-refractivity contribution >= 4 is 52.1 Å². The van der Waals surface area contributed by atoms with Gasteiger partial charge in [-0.25, -0.2) is 0 Å². The van der Waals surface area contributed by atoms with Gasteiger partial charge in [0.25, 0.3) is 5.91 Å². The van der Waals surface area contributed by atoms with Crippen molar-refractivity contribution in [2.75, 3.05) is 23.5 Å². The Morgan fingerprint density at radius 3 is 2.57 bits per heavy atom. The molecular formula is C19H24N4O6S. The van der Waals surface area contributed by atoms with Gasteiger partial charge in [-0.15, -0.1) is 0 Å². The fourth-order valence-corrected chi connectivity index (χ4v) is 3.46. The molecule has 0 aliphatic rings. The van der Waals surface area contributed by atoms with E-state index in [0.717, 1.165) is 10.4 Å². The minimum Gasteiger partial charge on any atom is -0.480 e. The smallest absolute Gasteiger partial charge is 0.323 e. The van der Waals surface area contributed by atoms with Crippen molar-refractivity contribution in [3.8, 4) is 0 Å². The number of carbonyl (C=O) groups excluding carboxylic acids is 2. The van der Waals surface area contributed by atoms with Crippen LogP contribution in [0.5, 0.6) is 0 Å². The number of H-pyrrole nitrogens is 1. The number of para-hydroxylation sites is 1. The highest BCUT2D eigenvalue weighted by molar-refractivity contribution is 7.98. The molecule has 0 saturated carbocycles. The zero-order valence-corrected chi connectivity index (χ0v) is 17.1. The molecule has 1 heterocycles. The first-order valence-electron chi connectivity index (χ1n) is 9.10. The number of anilines is 1. The van der Waals surface area contributed by atoms with E-state index in [4.69, 9.17) is 10.8 Å². The molecule has 0 aliphatic heterocycles. The molecule has 0 radical (unpaired) electrons. The number of aromatic nitrogens is 1. The number of rotatable bonds is 11. The van der Waals surface area contributed by atoms with Crippen LogP contribution >= 0.6 is 11.8 Å². The average molecular weight is 436 g/mol. The summed E-state index contributed by atoms with van der Waals surface area (Å²) in [5.74, 6) is -3.31. The SMILES string of the molecule is CSCC(NC(=O)CCC(N)C(=O)O)C(=O)N(CC(=O)O)c1c[nH]c2ccccc12. The van der Waals surface area contributed by atoms with Gasteiger partial charge in [-0.2, -0.15) is 11.8 Å². The normalized spacial score (nSPS) is 12.9. The average Bonchev–Trinajstić information content (AvgIpc) is 3.13. The van der Waals surface area contributed by atoms with Crippen molar-refractivity contribution in [1.29, 1.82) is 0 Å². The van der Waals surface area contributed by atoms with Crippen molar-refractivity contribution in [3.63, 3.8) is 0 Å². The number of fused-ring (bicyclic) bond motifs is 1. The number of aliphatic carboxylic acids is 2. The van der Waals surface area contributed by atoms with Gasteiger partial charge in [0.2, 0.25) is 5.91 Å². The number of nitrogens with one attached hydrogen (secondary N) is 2. The van der Waals surface area contributed by atoms with Crippen molar-refractivity contribution in [2.24, 2.45) is 5.73 Å². The van der Waals surface area contributed by atoms with Gasteiger partial charge in [0.05, 0.1) is 5.69 Å². The van der Waals surface area contributed by atoms with Crippen LogP contribution in [0.2, 0.25) is 0 Å². The first-order chi connectivity index (χ1) is 14.2. The van der Waals surface area contributed by atoms with E-state index in [1.165, 1.54) is 11.8 Å². The summed E-state index contributed by atoms with van der Waals surface area (Å²) in [6, 6.07) is 4.98. The lowest BCUT2D eigenvalue weighted by atomic mass is 10.1. The summed E-state index contributed by atoms with van der Waals surface area (Å²) in [5, 5.41) is 21.4. The molecule has 0 fully saturated rings. The van der Waals surface area contributed by atoms with E-state index in [1.807, 2.05) is 6.07 Å². The van der Waals surface area contributed by atoms with Gasteiger partial charge in [-0.05, 0) is 18.7 Å². The van der Waals surface area contributed by atoms with Gasteiger partial charge >= 0.3 is 11.9 Å². The van der Waals surface area contributed by atoms with E-state index in [-0.39, 0.29) is 18.6 Å². The first-order valence-corrected chi connectivity index (χ1v) is 10.5. The second kappa shape index (κ2) is 10.6. The Kier molecular flexibility index (Phi) is 8.25. The second-order valence-corrected chi connectivity index (χ2v) is 7.51. The topological polar surface area (TPSA) is 166 Å². The van der Waals surface area contributed by atoms with Crippen LogP contribution in [0.3, 0.4) is 0 Å². The molecule has 162 valence electrons. The molecule has 2 rings (SSSR count). The van der Waals surface area contributed by atoms with Crippen LogP contribution < -0.4 is 16.0 Å². The molecule has 2 aromatic rings. The quantitative estimate of drug-likeness (QED) is 0.342. The zero-order chi connectivity index (χ0) is 22.3. The molecule has 0 spiro atoms. The van der Waals surface area contributed by atoms with Crippen molar-refractivity contribution in [2.45, 2.75) is 24.9 Å². The summed E-state index contributed by atoms with van der Waals surface area (Å²) in [5.41, 5.74) is 6.54. The van der Waals surface area contributed by atoms with E-state index < -0.39 is 42.4 Å². The number of nitrogens with zero attached hydrogens (tertiary/aromatic N) is 1. The maximum atomic E-state index is 13.2. The molecule has 1 aromatic heterocycles. The van der Waals surface area contributed by atoms with Gasteiger partial charge in [0, 0.05) is 29.3 Å². The van der Waals surface area contributed by atoms with E-state index in [1.54, 1.807) is 30.7 Å². The summed E-state index contributed by atoms with van der Waals surface area (Å²) >= 11 is 1.31. The van der Waals surface area contributed by atoms with Crippen LogP contribution in [0, 0.1) is 0 Å². The molecule has 2 unspecified atom stereocenters. The molecule has 1 aromatic carbocycles. The van der Waals surface area contributed by atoms with Crippen LogP contribution in [0.15, 0.2) is 30.5 Å². The second-order valence-electron chi connectivity index (χ2n) is 6.60. The van der Waals surface area contributed by atoms with Crippen LogP contribution in [-0.2, 0) is 19.2 Å².